The van der Waals surface area contributed by atoms with E-state index in [0.717, 1.165) is 6.42 Å². The molecule has 2 unspecified atom stereocenters. The van der Waals surface area contributed by atoms with E-state index in [4.69, 9.17) is 0 Å². The van der Waals surface area contributed by atoms with Gasteiger partial charge in [-0.15, -0.1) is 0 Å². The second kappa shape index (κ2) is 7.75. The molecule has 3 rings (SSSR count). The van der Waals surface area contributed by atoms with Crippen LogP contribution in [-0.4, -0.2) is 11.2 Å². The topological polar surface area (TPSA) is 20.2 Å². The van der Waals surface area contributed by atoms with Crippen LogP contribution in [0.3, 0.4) is 0 Å². The first kappa shape index (κ1) is 15.5. The summed E-state index contributed by atoms with van der Waals surface area (Å²) in [5, 5.41) is 10.9. The average molecular weight is 302 g/mol. The van der Waals surface area contributed by atoms with Crippen LogP contribution < -0.4 is 0 Å². The van der Waals surface area contributed by atoms with Gasteiger partial charge in [0.25, 0.3) is 0 Å². The standard InChI is InChI=1S/C22H22O/c23-22(17-19-12-6-2-7-13-19)21(20-14-8-3-9-15-20)16-18-10-4-1-5-11-18/h1-15,21-23H,16-17H2. The van der Waals surface area contributed by atoms with Crippen molar-refractivity contribution in [1.82, 2.24) is 0 Å². The largest absolute Gasteiger partial charge is 0.392 e. The first-order valence-corrected chi connectivity index (χ1v) is 8.14. The SMILES string of the molecule is OC(Cc1ccccc1)C(Cc1ccccc1)c1ccccc1. The maximum atomic E-state index is 10.9. The van der Waals surface area contributed by atoms with Crippen LogP contribution in [0.5, 0.6) is 0 Å². The molecule has 0 bridgehead atoms. The van der Waals surface area contributed by atoms with Crippen LogP contribution in [0.25, 0.3) is 0 Å². The van der Waals surface area contributed by atoms with Gasteiger partial charge in [0.15, 0.2) is 0 Å². The van der Waals surface area contributed by atoms with Crippen molar-refractivity contribution in [3.05, 3.63) is 108 Å². The zero-order chi connectivity index (χ0) is 15.9. The van der Waals surface area contributed by atoms with Gasteiger partial charge in [-0.1, -0.05) is 91.0 Å². The predicted molar refractivity (Wildman–Crippen MR) is 95.5 cm³/mol. The Labute approximate surface area is 138 Å². The number of hydrogen-bond acceptors (Lipinski definition) is 1. The summed E-state index contributed by atoms with van der Waals surface area (Å²) in [6, 6.07) is 30.9. The van der Waals surface area contributed by atoms with E-state index in [-0.39, 0.29) is 5.92 Å². The maximum Gasteiger partial charge on any atom is 0.0652 e. The zero-order valence-electron chi connectivity index (χ0n) is 13.2. The summed E-state index contributed by atoms with van der Waals surface area (Å²) in [6.07, 6.45) is 1.12. The van der Waals surface area contributed by atoms with Crippen LogP contribution in [0, 0.1) is 0 Å². The Balaban J connectivity index is 1.82. The molecule has 3 aromatic carbocycles. The summed E-state index contributed by atoms with van der Waals surface area (Å²) in [5.41, 5.74) is 3.63. The second-order valence-electron chi connectivity index (χ2n) is 5.96. The van der Waals surface area contributed by atoms with Crippen LogP contribution in [-0.2, 0) is 12.8 Å². The summed E-state index contributed by atoms with van der Waals surface area (Å²) in [4.78, 5) is 0. The fourth-order valence-electron chi connectivity index (χ4n) is 3.04. The van der Waals surface area contributed by atoms with Crippen molar-refractivity contribution in [1.29, 1.82) is 0 Å². The Bertz CT molecular complexity index is 692. The van der Waals surface area contributed by atoms with E-state index < -0.39 is 6.10 Å². The van der Waals surface area contributed by atoms with Gasteiger partial charge in [-0.2, -0.15) is 0 Å². The molecule has 0 spiro atoms. The molecule has 0 fully saturated rings. The van der Waals surface area contributed by atoms with Gasteiger partial charge in [0.05, 0.1) is 6.10 Å². The molecular formula is C22H22O. The van der Waals surface area contributed by atoms with Gasteiger partial charge in [-0.3, -0.25) is 0 Å². The molecule has 116 valence electrons. The van der Waals surface area contributed by atoms with Crippen molar-refractivity contribution >= 4 is 0 Å². The van der Waals surface area contributed by atoms with Gasteiger partial charge < -0.3 is 5.11 Å². The Morgan fingerprint density at radius 2 is 1.00 bits per heavy atom. The quantitative estimate of drug-likeness (QED) is 0.704. The molecule has 0 aromatic heterocycles. The minimum Gasteiger partial charge on any atom is -0.392 e. The summed E-state index contributed by atoms with van der Waals surface area (Å²) in [5.74, 6) is 0.0961. The van der Waals surface area contributed by atoms with Gasteiger partial charge >= 0.3 is 0 Å². The molecule has 0 aliphatic heterocycles. The normalized spacial score (nSPS) is 13.4. The molecule has 1 heteroatoms. The Morgan fingerprint density at radius 3 is 1.52 bits per heavy atom. The highest BCUT2D eigenvalue weighted by Crippen LogP contribution is 2.26. The van der Waals surface area contributed by atoms with Gasteiger partial charge in [0.1, 0.15) is 0 Å². The van der Waals surface area contributed by atoms with Crippen LogP contribution in [0.2, 0.25) is 0 Å². The van der Waals surface area contributed by atoms with Crippen LogP contribution in [0.1, 0.15) is 22.6 Å². The molecule has 2 atom stereocenters. The van der Waals surface area contributed by atoms with Crippen LogP contribution in [0.4, 0.5) is 0 Å². The van der Waals surface area contributed by atoms with E-state index in [9.17, 15) is 5.11 Å². The van der Waals surface area contributed by atoms with Gasteiger partial charge in [-0.05, 0) is 29.5 Å². The van der Waals surface area contributed by atoms with E-state index in [1.165, 1.54) is 16.7 Å². The highest BCUT2D eigenvalue weighted by molar-refractivity contribution is 5.26. The molecule has 0 aliphatic carbocycles. The van der Waals surface area contributed by atoms with Gasteiger partial charge in [-0.25, -0.2) is 0 Å². The molecule has 0 amide bonds. The third-order valence-corrected chi connectivity index (χ3v) is 4.28. The summed E-state index contributed by atoms with van der Waals surface area (Å²) in [7, 11) is 0. The first-order chi connectivity index (χ1) is 11.3. The van der Waals surface area contributed by atoms with Crippen molar-refractivity contribution in [2.24, 2.45) is 0 Å². The highest BCUT2D eigenvalue weighted by Gasteiger charge is 2.21. The molecular weight excluding hydrogens is 280 g/mol. The summed E-state index contributed by atoms with van der Waals surface area (Å²) in [6.45, 7) is 0. The first-order valence-electron chi connectivity index (χ1n) is 8.14. The molecule has 3 aromatic rings. The van der Waals surface area contributed by atoms with E-state index in [0.29, 0.717) is 6.42 Å². The number of hydrogen-bond donors (Lipinski definition) is 1. The maximum absolute atomic E-state index is 10.9. The molecule has 23 heavy (non-hydrogen) atoms. The lowest BCUT2D eigenvalue weighted by atomic mass is 9.85. The molecule has 1 N–H and O–H groups in total. The Morgan fingerprint density at radius 1 is 0.565 bits per heavy atom. The van der Waals surface area contributed by atoms with E-state index in [1.54, 1.807) is 0 Å². The number of rotatable bonds is 6. The van der Waals surface area contributed by atoms with Crippen molar-refractivity contribution in [2.45, 2.75) is 24.9 Å². The monoisotopic (exact) mass is 302 g/mol. The van der Waals surface area contributed by atoms with Gasteiger partial charge in [0, 0.05) is 5.92 Å². The third-order valence-electron chi connectivity index (χ3n) is 4.28. The van der Waals surface area contributed by atoms with Crippen molar-refractivity contribution in [3.8, 4) is 0 Å². The Kier molecular flexibility index (Phi) is 5.23. The van der Waals surface area contributed by atoms with Crippen molar-refractivity contribution in [3.63, 3.8) is 0 Å². The van der Waals surface area contributed by atoms with E-state index in [1.807, 2.05) is 42.5 Å². The minimum absolute atomic E-state index is 0.0961. The van der Waals surface area contributed by atoms with Crippen LogP contribution >= 0.6 is 0 Å². The van der Waals surface area contributed by atoms with Crippen molar-refractivity contribution in [2.75, 3.05) is 0 Å². The zero-order valence-corrected chi connectivity index (χ0v) is 13.2. The fraction of sp³-hybridized carbons (Fsp3) is 0.182. The fourth-order valence-corrected chi connectivity index (χ4v) is 3.04. The molecule has 0 radical (unpaired) electrons. The number of aliphatic hydroxyl groups excluding tert-OH is 1. The van der Waals surface area contributed by atoms with Crippen LogP contribution in [0.15, 0.2) is 91.0 Å². The smallest absolute Gasteiger partial charge is 0.0652 e. The molecule has 0 saturated carbocycles. The molecule has 0 heterocycles. The second-order valence-corrected chi connectivity index (χ2v) is 5.96. The highest BCUT2D eigenvalue weighted by atomic mass is 16.3. The average Bonchev–Trinajstić information content (AvgIpc) is 2.62. The number of benzene rings is 3. The lowest BCUT2D eigenvalue weighted by Gasteiger charge is -2.24. The minimum atomic E-state index is -0.403. The lowest BCUT2D eigenvalue weighted by molar-refractivity contribution is 0.142. The van der Waals surface area contributed by atoms with Gasteiger partial charge in [0.2, 0.25) is 0 Å². The molecule has 0 saturated heterocycles. The van der Waals surface area contributed by atoms with Crippen molar-refractivity contribution < 1.29 is 5.11 Å². The van der Waals surface area contributed by atoms with E-state index in [2.05, 4.69) is 48.5 Å². The number of aliphatic hydroxyl groups is 1. The summed E-state index contributed by atoms with van der Waals surface area (Å²) >= 11 is 0. The summed E-state index contributed by atoms with van der Waals surface area (Å²) < 4.78 is 0. The predicted octanol–water partition coefficient (Wildman–Crippen LogP) is 4.62. The van der Waals surface area contributed by atoms with E-state index >= 15 is 0 Å². The Hall–Kier alpha value is -2.38. The molecule has 1 nitrogen and oxygen atoms in total. The third kappa shape index (κ3) is 4.30. The molecule has 0 aliphatic rings. The lowest BCUT2D eigenvalue weighted by Crippen LogP contribution is -2.23.